The van der Waals surface area contributed by atoms with Gasteiger partial charge in [-0.1, -0.05) is 6.07 Å². The second kappa shape index (κ2) is 4.13. The van der Waals surface area contributed by atoms with Gasteiger partial charge in [0.05, 0.1) is 0 Å². The number of hydrogen-bond donors (Lipinski definition) is 2. The predicted octanol–water partition coefficient (Wildman–Crippen LogP) is 0.971. The van der Waals surface area contributed by atoms with Crippen LogP contribution in [-0.2, 0) is 6.54 Å². The first kappa shape index (κ1) is 9.09. The molecule has 0 heterocycles. The fourth-order valence-corrected chi connectivity index (χ4v) is 0.872. The highest BCUT2D eigenvalue weighted by Gasteiger charge is 2.01. The number of nitrogens with one attached hydrogen (secondary N) is 1. The Kier molecular flexibility index (Phi) is 3.13. The van der Waals surface area contributed by atoms with Crippen molar-refractivity contribution >= 4 is 0 Å². The fourth-order valence-electron chi connectivity index (χ4n) is 0.872. The van der Waals surface area contributed by atoms with Crippen LogP contribution in [0.4, 0.5) is 8.78 Å². The maximum Gasteiger partial charge on any atom is 0.130 e. The van der Waals surface area contributed by atoms with Gasteiger partial charge in [-0.15, -0.1) is 0 Å². The zero-order valence-corrected chi connectivity index (χ0v) is 6.48. The fraction of sp³-hybridized carbons (Fsp3) is 0.250. The zero-order chi connectivity index (χ0) is 8.97. The maximum absolute atomic E-state index is 12.9. The lowest BCUT2D eigenvalue weighted by molar-refractivity contribution is 0.562. The van der Waals surface area contributed by atoms with Gasteiger partial charge >= 0.3 is 0 Å². The van der Waals surface area contributed by atoms with Crippen molar-refractivity contribution in [3.05, 3.63) is 35.4 Å². The summed E-state index contributed by atoms with van der Waals surface area (Å²) in [5.74, 6) is -1.11. The normalized spacial score (nSPS) is 10.2. The molecule has 1 aromatic rings. The van der Waals surface area contributed by atoms with Crippen LogP contribution in [0.3, 0.4) is 0 Å². The Morgan fingerprint density at radius 1 is 1.33 bits per heavy atom. The van der Waals surface area contributed by atoms with Gasteiger partial charge in [-0.2, -0.15) is 0 Å². The van der Waals surface area contributed by atoms with Gasteiger partial charge in [0.2, 0.25) is 0 Å². The molecule has 0 aromatic heterocycles. The monoisotopic (exact) mass is 172 g/mol. The summed E-state index contributed by atoms with van der Waals surface area (Å²) in [4.78, 5) is 0. The average molecular weight is 172 g/mol. The molecular formula is C8H10F2N2. The summed E-state index contributed by atoms with van der Waals surface area (Å²) in [7, 11) is 0. The Hall–Kier alpha value is -1.00. The van der Waals surface area contributed by atoms with E-state index in [0.717, 1.165) is 6.07 Å². The molecule has 1 aromatic carbocycles. The highest BCUT2D eigenvalue weighted by molar-refractivity contribution is 5.18. The van der Waals surface area contributed by atoms with Crippen LogP contribution in [0.1, 0.15) is 5.56 Å². The van der Waals surface area contributed by atoms with Crippen LogP contribution in [-0.4, -0.2) is 6.67 Å². The standard InChI is InChI=1S/C8H10F2N2/c9-7-2-1-6(4-12-5-11)8(10)3-7/h1-3,12H,4-5,11H2. The van der Waals surface area contributed by atoms with Crippen molar-refractivity contribution in [2.75, 3.05) is 6.67 Å². The van der Waals surface area contributed by atoms with Crippen LogP contribution in [0.2, 0.25) is 0 Å². The quantitative estimate of drug-likeness (QED) is 0.667. The molecule has 0 unspecified atom stereocenters. The lowest BCUT2D eigenvalue weighted by atomic mass is 10.2. The maximum atomic E-state index is 12.9. The molecule has 0 aliphatic carbocycles. The molecular weight excluding hydrogens is 162 g/mol. The van der Waals surface area contributed by atoms with E-state index in [1.807, 2.05) is 0 Å². The SMILES string of the molecule is NCNCc1ccc(F)cc1F. The van der Waals surface area contributed by atoms with Gasteiger partial charge in [0, 0.05) is 24.8 Å². The molecule has 0 radical (unpaired) electrons. The minimum atomic E-state index is -0.566. The van der Waals surface area contributed by atoms with Crippen molar-refractivity contribution in [2.24, 2.45) is 5.73 Å². The van der Waals surface area contributed by atoms with E-state index in [1.54, 1.807) is 0 Å². The molecule has 0 aliphatic rings. The van der Waals surface area contributed by atoms with Gasteiger partial charge in [-0.3, -0.25) is 0 Å². The van der Waals surface area contributed by atoms with Gasteiger partial charge < -0.3 is 11.1 Å². The lowest BCUT2D eigenvalue weighted by Gasteiger charge is -2.02. The van der Waals surface area contributed by atoms with Gasteiger partial charge in [-0.25, -0.2) is 8.78 Å². The molecule has 4 heteroatoms. The Morgan fingerprint density at radius 3 is 2.67 bits per heavy atom. The summed E-state index contributed by atoms with van der Waals surface area (Å²) in [5.41, 5.74) is 5.57. The molecule has 0 amide bonds. The minimum Gasteiger partial charge on any atom is -0.318 e. The zero-order valence-electron chi connectivity index (χ0n) is 6.48. The van der Waals surface area contributed by atoms with Crippen molar-refractivity contribution in [3.63, 3.8) is 0 Å². The van der Waals surface area contributed by atoms with Crippen LogP contribution in [0.5, 0.6) is 0 Å². The van der Waals surface area contributed by atoms with Gasteiger partial charge in [-0.05, 0) is 6.07 Å². The number of nitrogens with two attached hydrogens (primary N) is 1. The molecule has 0 atom stereocenters. The molecule has 12 heavy (non-hydrogen) atoms. The van der Waals surface area contributed by atoms with Crippen molar-refractivity contribution in [1.82, 2.24) is 5.32 Å². The largest absolute Gasteiger partial charge is 0.318 e. The van der Waals surface area contributed by atoms with E-state index >= 15 is 0 Å². The van der Waals surface area contributed by atoms with Crippen LogP contribution >= 0.6 is 0 Å². The summed E-state index contributed by atoms with van der Waals surface area (Å²) >= 11 is 0. The summed E-state index contributed by atoms with van der Waals surface area (Å²) in [5, 5.41) is 2.74. The number of hydrogen-bond acceptors (Lipinski definition) is 2. The van der Waals surface area contributed by atoms with E-state index in [0.29, 0.717) is 12.1 Å². The number of rotatable bonds is 3. The van der Waals surface area contributed by atoms with Crippen molar-refractivity contribution in [2.45, 2.75) is 6.54 Å². The minimum absolute atomic E-state index is 0.275. The molecule has 0 saturated heterocycles. The number of halogens is 2. The van der Waals surface area contributed by atoms with Crippen molar-refractivity contribution in [3.8, 4) is 0 Å². The second-order valence-corrected chi connectivity index (χ2v) is 2.37. The molecule has 0 fully saturated rings. The van der Waals surface area contributed by atoms with Crippen LogP contribution in [0, 0.1) is 11.6 Å². The highest BCUT2D eigenvalue weighted by atomic mass is 19.1. The van der Waals surface area contributed by atoms with Gasteiger partial charge in [0.25, 0.3) is 0 Å². The first-order valence-electron chi connectivity index (χ1n) is 3.58. The predicted molar refractivity (Wildman–Crippen MR) is 42.3 cm³/mol. The topological polar surface area (TPSA) is 38.0 Å². The lowest BCUT2D eigenvalue weighted by Crippen LogP contribution is -2.22. The number of benzene rings is 1. The summed E-state index contributed by atoms with van der Waals surface area (Å²) < 4.78 is 25.2. The second-order valence-electron chi connectivity index (χ2n) is 2.37. The van der Waals surface area contributed by atoms with E-state index in [1.165, 1.54) is 12.1 Å². The van der Waals surface area contributed by atoms with E-state index in [2.05, 4.69) is 5.32 Å². The summed E-state index contributed by atoms with van der Waals surface area (Å²) in [6.07, 6.45) is 0. The van der Waals surface area contributed by atoms with Crippen molar-refractivity contribution in [1.29, 1.82) is 0 Å². The molecule has 3 N–H and O–H groups in total. The first-order chi connectivity index (χ1) is 5.74. The molecule has 66 valence electrons. The van der Waals surface area contributed by atoms with E-state index < -0.39 is 11.6 Å². The van der Waals surface area contributed by atoms with Crippen LogP contribution in [0.15, 0.2) is 18.2 Å². The first-order valence-corrected chi connectivity index (χ1v) is 3.58. The molecule has 0 saturated carbocycles. The van der Waals surface area contributed by atoms with E-state index in [4.69, 9.17) is 5.73 Å². The van der Waals surface area contributed by atoms with E-state index in [-0.39, 0.29) is 6.67 Å². The van der Waals surface area contributed by atoms with Crippen molar-refractivity contribution < 1.29 is 8.78 Å². The third kappa shape index (κ3) is 2.25. The molecule has 2 nitrogen and oxygen atoms in total. The Bertz CT molecular complexity index is 263. The molecule has 1 rings (SSSR count). The van der Waals surface area contributed by atoms with Gasteiger partial charge in [0.15, 0.2) is 0 Å². The molecule has 0 aliphatic heterocycles. The Morgan fingerprint density at radius 2 is 2.08 bits per heavy atom. The Balaban J connectivity index is 2.72. The van der Waals surface area contributed by atoms with E-state index in [9.17, 15) is 8.78 Å². The molecule has 0 bridgehead atoms. The van der Waals surface area contributed by atoms with Gasteiger partial charge in [0.1, 0.15) is 11.6 Å². The van der Waals surface area contributed by atoms with Crippen LogP contribution < -0.4 is 11.1 Å². The van der Waals surface area contributed by atoms with Crippen LogP contribution in [0.25, 0.3) is 0 Å². The highest BCUT2D eigenvalue weighted by Crippen LogP contribution is 2.08. The summed E-state index contributed by atoms with van der Waals surface area (Å²) in [6.45, 7) is 0.597. The molecule has 0 spiro atoms. The third-order valence-corrected chi connectivity index (χ3v) is 1.47. The smallest absolute Gasteiger partial charge is 0.130 e. The Labute approximate surface area is 69.4 Å². The average Bonchev–Trinajstić information content (AvgIpc) is 2.03. The third-order valence-electron chi connectivity index (χ3n) is 1.47. The summed E-state index contributed by atoms with van der Waals surface area (Å²) in [6, 6.07) is 3.47.